The number of carbonyl (C=O) groups excluding carboxylic acids is 5. The molecule has 1 aromatic rings. The molecule has 2 fully saturated rings. The summed E-state index contributed by atoms with van der Waals surface area (Å²) in [4.78, 5) is 65.3. The van der Waals surface area contributed by atoms with E-state index in [1.807, 2.05) is 0 Å². The second-order valence-corrected chi connectivity index (χ2v) is 10.3. The zero-order valence-corrected chi connectivity index (χ0v) is 23.6. The summed E-state index contributed by atoms with van der Waals surface area (Å²) in [5.41, 5.74) is 6.13. The van der Waals surface area contributed by atoms with E-state index in [1.54, 1.807) is 0 Å². The number of benzene rings is 1. The number of nitrogens with one attached hydrogen (secondary N) is 2. The lowest BCUT2D eigenvalue weighted by atomic mass is 10.0. The van der Waals surface area contributed by atoms with Crippen LogP contribution in [0.3, 0.4) is 0 Å². The molecule has 4 rings (SSSR count). The Balaban J connectivity index is 1.06. The van der Waals surface area contributed by atoms with Crippen LogP contribution in [-0.2, 0) is 33.3 Å². The Hall–Kier alpha value is -3.27. The van der Waals surface area contributed by atoms with Crippen molar-refractivity contribution in [2.45, 2.75) is 37.8 Å². The van der Waals surface area contributed by atoms with E-state index in [0.29, 0.717) is 39.1 Å². The van der Waals surface area contributed by atoms with Crippen molar-refractivity contribution in [3.63, 3.8) is 0 Å². The van der Waals surface area contributed by atoms with Gasteiger partial charge in [-0.2, -0.15) is 0 Å². The number of hydrogen-bond donors (Lipinski definition) is 3. The first kappa shape index (κ1) is 31.7. The van der Waals surface area contributed by atoms with Gasteiger partial charge in [0.15, 0.2) is 0 Å². The van der Waals surface area contributed by atoms with Crippen molar-refractivity contribution >= 4 is 35.2 Å². The fraction of sp³-hybridized carbons (Fsp3) is 0.607. The molecule has 3 aliphatic rings. The van der Waals surface area contributed by atoms with Crippen LogP contribution < -0.4 is 16.4 Å². The number of fused-ring (bicyclic) bond motifs is 1. The smallest absolute Gasteiger partial charge is 0.264 e. The lowest BCUT2D eigenvalue weighted by Crippen LogP contribution is -2.54. The molecule has 3 heterocycles. The highest BCUT2D eigenvalue weighted by Gasteiger charge is 2.45. The quantitative estimate of drug-likeness (QED) is 0.167. The highest BCUT2D eigenvalue weighted by Crippen LogP contribution is 2.32. The normalized spacial score (nSPS) is 19.7. The predicted octanol–water partition coefficient (Wildman–Crippen LogP) is -0.484. The summed E-state index contributed by atoms with van der Waals surface area (Å²) in [5, 5.41) is 4.75. The van der Waals surface area contributed by atoms with Crippen LogP contribution in [-0.4, -0.2) is 124 Å². The van der Waals surface area contributed by atoms with Gasteiger partial charge in [-0.25, -0.2) is 0 Å². The highest BCUT2D eigenvalue weighted by molar-refractivity contribution is 6.26. The van der Waals surface area contributed by atoms with Gasteiger partial charge in [-0.15, -0.1) is 0 Å². The summed E-state index contributed by atoms with van der Waals surface area (Å²) < 4.78 is 21.9. The first-order valence-corrected chi connectivity index (χ1v) is 14.3. The molecule has 14 nitrogen and oxygen atoms in total. The Morgan fingerprint density at radius 1 is 0.881 bits per heavy atom. The molecular weight excluding hydrogens is 550 g/mol. The molecule has 0 saturated carbocycles. The third-order valence-electron chi connectivity index (χ3n) is 7.28. The third kappa shape index (κ3) is 8.63. The number of imide groups is 2. The van der Waals surface area contributed by atoms with Gasteiger partial charge in [0.1, 0.15) is 12.6 Å². The first-order chi connectivity index (χ1) is 20.3. The summed E-state index contributed by atoms with van der Waals surface area (Å²) in [5.74, 6) is -3.02. The molecule has 1 atom stereocenters. The number of ether oxygens (including phenoxy) is 4. The van der Waals surface area contributed by atoms with Crippen molar-refractivity contribution in [2.75, 3.05) is 77.8 Å². The van der Waals surface area contributed by atoms with Crippen molar-refractivity contribution in [2.24, 2.45) is 5.73 Å². The third-order valence-corrected chi connectivity index (χ3v) is 7.28. The summed E-state index contributed by atoms with van der Waals surface area (Å²) in [6.45, 7) is 5.56. The van der Waals surface area contributed by atoms with Gasteiger partial charge >= 0.3 is 0 Å². The Kier molecular flexibility index (Phi) is 11.9. The number of nitrogens with zero attached hydrogens (tertiary/aromatic N) is 2. The van der Waals surface area contributed by atoms with E-state index in [1.165, 1.54) is 18.2 Å². The van der Waals surface area contributed by atoms with Crippen molar-refractivity contribution in [3.05, 3.63) is 29.3 Å². The molecule has 42 heavy (non-hydrogen) atoms. The van der Waals surface area contributed by atoms with Crippen LogP contribution in [0, 0.1) is 0 Å². The molecule has 0 aliphatic carbocycles. The maximum absolute atomic E-state index is 13.1. The molecule has 1 unspecified atom stereocenters. The van der Waals surface area contributed by atoms with E-state index in [0.717, 1.165) is 37.4 Å². The van der Waals surface area contributed by atoms with Crippen molar-refractivity contribution < 1.29 is 42.9 Å². The molecule has 2 saturated heterocycles. The first-order valence-electron chi connectivity index (χ1n) is 14.3. The minimum atomic E-state index is -1.09. The van der Waals surface area contributed by atoms with Crippen LogP contribution in [0.2, 0.25) is 0 Å². The van der Waals surface area contributed by atoms with Crippen LogP contribution >= 0.6 is 0 Å². The van der Waals surface area contributed by atoms with E-state index in [-0.39, 0.29) is 49.5 Å². The summed E-state index contributed by atoms with van der Waals surface area (Å²) in [6.07, 6.45) is 2.14. The van der Waals surface area contributed by atoms with E-state index in [2.05, 4.69) is 15.5 Å². The van der Waals surface area contributed by atoms with Crippen molar-refractivity contribution in [1.82, 2.24) is 15.1 Å². The number of amides is 5. The average molecular weight is 590 g/mol. The number of carbonyl (C=O) groups is 5. The monoisotopic (exact) mass is 589 g/mol. The molecule has 4 N–H and O–H groups in total. The molecule has 5 amide bonds. The van der Waals surface area contributed by atoms with Gasteiger partial charge in [0.05, 0.1) is 63.1 Å². The Bertz CT molecular complexity index is 1140. The minimum absolute atomic E-state index is 0.00137. The largest absolute Gasteiger partial charge is 0.378 e. The summed E-state index contributed by atoms with van der Waals surface area (Å²) in [7, 11) is 0. The van der Waals surface area contributed by atoms with Gasteiger partial charge in [0.25, 0.3) is 11.8 Å². The van der Waals surface area contributed by atoms with E-state index in [9.17, 15) is 24.0 Å². The number of likely N-dealkylation sites (tertiary alicyclic amines) is 1. The molecular formula is C28H39N5O9. The summed E-state index contributed by atoms with van der Waals surface area (Å²) >= 11 is 0. The van der Waals surface area contributed by atoms with Crippen LogP contribution in [0.1, 0.15) is 46.4 Å². The topological polar surface area (TPSA) is 179 Å². The minimum Gasteiger partial charge on any atom is -0.378 e. The van der Waals surface area contributed by atoms with Gasteiger partial charge in [-0.3, -0.25) is 34.2 Å². The van der Waals surface area contributed by atoms with Gasteiger partial charge in [-0.05, 0) is 44.5 Å². The highest BCUT2D eigenvalue weighted by atomic mass is 16.6. The van der Waals surface area contributed by atoms with E-state index >= 15 is 0 Å². The van der Waals surface area contributed by atoms with Crippen LogP contribution in [0.4, 0.5) is 5.69 Å². The maximum Gasteiger partial charge on any atom is 0.264 e. The molecule has 0 spiro atoms. The number of hydrogen-bond acceptors (Lipinski definition) is 11. The van der Waals surface area contributed by atoms with E-state index in [4.69, 9.17) is 24.7 Å². The molecule has 0 bridgehead atoms. The fourth-order valence-electron chi connectivity index (χ4n) is 5.00. The number of anilines is 1. The van der Waals surface area contributed by atoms with E-state index < -0.39 is 35.6 Å². The zero-order chi connectivity index (χ0) is 29.9. The number of piperidine rings is 2. The number of nitrogens with two attached hydrogens (primary N) is 1. The Morgan fingerprint density at radius 2 is 1.52 bits per heavy atom. The Labute approximate surface area is 244 Å². The van der Waals surface area contributed by atoms with Gasteiger partial charge in [0, 0.05) is 19.0 Å². The second kappa shape index (κ2) is 15.8. The maximum atomic E-state index is 13.1. The molecule has 0 aromatic heterocycles. The molecule has 14 heteroatoms. The van der Waals surface area contributed by atoms with Gasteiger partial charge < -0.3 is 34.9 Å². The van der Waals surface area contributed by atoms with Crippen molar-refractivity contribution in [1.29, 1.82) is 0 Å². The summed E-state index contributed by atoms with van der Waals surface area (Å²) in [6, 6.07) is 3.72. The average Bonchev–Trinajstić information content (AvgIpc) is 3.22. The van der Waals surface area contributed by atoms with Gasteiger partial charge in [0.2, 0.25) is 17.7 Å². The standard InChI is InChI=1S/C28H39N5O9/c29-19-6-8-32(9-7-19)10-11-39-12-13-40-14-15-41-16-17-42-18-24(35)30-21-3-1-2-20-25(21)28(38)33(27(20)37)22-4-5-23(34)31-26(22)36/h1-3,19,22H,4-18,29H2,(H,30,35)(H,31,34,36). The molecule has 1 aromatic carbocycles. The predicted molar refractivity (Wildman–Crippen MR) is 149 cm³/mol. The SMILES string of the molecule is NC1CCN(CCOCCOCCOCCOCC(=O)Nc2cccc3c2C(=O)N(C2CCC(=O)NC2=O)C3=O)CC1. The lowest BCUT2D eigenvalue weighted by molar-refractivity contribution is -0.136. The van der Waals surface area contributed by atoms with Crippen LogP contribution in [0.15, 0.2) is 18.2 Å². The lowest BCUT2D eigenvalue weighted by Gasteiger charge is -2.29. The Morgan fingerprint density at radius 3 is 2.19 bits per heavy atom. The fourth-order valence-corrected chi connectivity index (χ4v) is 5.00. The molecule has 230 valence electrons. The van der Waals surface area contributed by atoms with Crippen molar-refractivity contribution in [3.8, 4) is 0 Å². The van der Waals surface area contributed by atoms with Crippen LogP contribution in [0.5, 0.6) is 0 Å². The zero-order valence-electron chi connectivity index (χ0n) is 23.6. The van der Waals surface area contributed by atoms with Gasteiger partial charge in [-0.1, -0.05) is 6.07 Å². The molecule has 3 aliphatic heterocycles. The second-order valence-electron chi connectivity index (χ2n) is 10.3. The van der Waals surface area contributed by atoms with Crippen LogP contribution in [0.25, 0.3) is 0 Å². The molecule has 0 radical (unpaired) electrons. The number of rotatable bonds is 16.